The van der Waals surface area contributed by atoms with E-state index < -0.39 is 32.2 Å². The van der Waals surface area contributed by atoms with Crippen LogP contribution in [0.4, 0.5) is 21.5 Å². The third-order valence-corrected chi connectivity index (χ3v) is 4.60. The standard InChI is InChI=1S/C16H16FN3O5S/c1-19(10-16(21)18-12-5-3-11(17)4-6-12)14-8-7-13(26(2,24)25)9-15(14)20(22)23/h3-9H,10H2,1-2H3,(H,18,21). The SMILES string of the molecule is CN(CC(=O)Nc1ccc(F)cc1)c1ccc(S(C)(=O)=O)cc1[N+](=O)[O-]. The molecule has 0 spiro atoms. The van der Waals surface area contributed by atoms with Gasteiger partial charge < -0.3 is 10.2 Å². The molecule has 1 amide bonds. The highest BCUT2D eigenvalue weighted by Crippen LogP contribution is 2.30. The van der Waals surface area contributed by atoms with Crippen LogP contribution in [-0.4, -0.2) is 39.1 Å². The van der Waals surface area contributed by atoms with Crippen LogP contribution in [-0.2, 0) is 14.6 Å². The third kappa shape index (κ3) is 4.76. The van der Waals surface area contributed by atoms with Crippen LogP contribution in [0.25, 0.3) is 0 Å². The number of nitro benzene ring substituents is 1. The van der Waals surface area contributed by atoms with Gasteiger partial charge in [0.2, 0.25) is 5.91 Å². The van der Waals surface area contributed by atoms with Crippen molar-refractivity contribution in [3.63, 3.8) is 0 Å². The van der Waals surface area contributed by atoms with E-state index in [2.05, 4.69) is 5.32 Å². The number of likely N-dealkylation sites (N-methyl/N-ethyl adjacent to an activating group) is 1. The summed E-state index contributed by atoms with van der Waals surface area (Å²) in [6.07, 6.45) is 0.950. The molecule has 0 aromatic heterocycles. The number of nitrogens with zero attached hydrogens (tertiary/aromatic N) is 2. The minimum Gasteiger partial charge on any atom is -0.360 e. The van der Waals surface area contributed by atoms with Crippen LogP contribution in [0.15, 0.2) is 47.4 Å². The molecule has 0 aliphatic rings. The van der Waals surface area contributed by atoms with Gasteiger partial charge in [-0.2, -0.15) is 0 Å². The molecule has 138 valence electrons. The molecule has 0 saturated carbocycles. The number of carbonyl (C=O) groups is 1. The van der Waals surface area contributed by atoms with Crippen molar-refractivity contribution in [3.05, 3.63) is 58.4 Å². The van der Waals surface area contributed by atoms with Crippen LogP contribution in [0, 0.1) is 15.9 Å². The molecule has 26 heavy (non-hydrogen) atoms. The summed E-state index contributed by atoms with van der Waals surface area (Å²) >= 11 is 0. The lowest BCUT2D eigenvalue weighted by atomic mass is 10.2. The molecule has 0 heterocycles. The van der Waals surface area contributed by atoms with Crippen LogP contribution >= 0.6 is 0 Å². The zero-order chi connectivity index (χ0) is 19.5. The molecule has 1 N–H and O–H groups in total. The summed E-state index contributed by atoms with van der Waals surface area (Å²) in [6.45, 7) is -0.226. The fraction of sp³-hybridized carbons (Fsp3) is 0.188. The van der Waals surface area contributed by atoms with E-state index in [9.17, 15) is 27.7 Å². The van der Waals surface area contributed by atoms with E-state index >= 15 is 0 Å². The van der Waals surface area contributed by atoms with Gasteiger partial charge in [0.1, 0.15) is 11.5 Å². The van der Waals surface area contributed by atoms with E-state index in [0.717, 1.165) is 12.3 Å². The van der Waals surface area contributed by atoms with Crippen molar-refractivity contribution in [2.75, 3.05) is 30.1 Å². The zero-order valence-electron chi connectivity index (χ0n) is 14.0. The highest BCUT2D eigenvalue weighted by atomic mass is 32.2. The largest absolute Gasteiger partial charge is 0.360 e. The number of benzene rings is 2. The predicted molar refractivity (Wildman–Crippen MR) is 94.5 cm³/mol. The smallest absolute Gasteiger partial charge is 0.293 e. The number of hydrogen-bond donors (Lipinski definition) is 1. The first-order valence-corrected chi connectivity index (χ1v) is 9.22. The molecule has 2 aromatic rings. The lowest BCUT2D eigenvalue weighted by Gasteiger charge is -2.19. The Bertz CT molecular complexity index is 945. The molecule has 0 atom stereocenters. The number of hydrogen-bond acceptors (Lipinski definition) is 6. The average Bonchev–Trinajstić information content (AvgIpc) is 2.55. The lowest BCUT2D eigenvalue weighted by molar-refractivity contribution is -0.384. The van der Waals surface area contributed by atoms with Gasteiger partial charge in [0.25, 0.3) is 5.69 Å². The number of halogens is 1. The Morgan fingerprint density at radius 1 is 1.23 bits per heavy atom. The molecule has 0 aliphatic heterocycles. The number of amides is 1. The molecule has 0 aliphatic carbocycles. The predicted octanol–water partition coefficient (Wildman–Crippen LogP) is 2.21. The normalized spacial score (nSPS) is 11.0. The van der Waals surface area contributed by atoms with Gasteiger partial charge in [-0.25, -0.2) is 12.8 Å². The maximum Gasteiger partial charge on any atom is 0.293 e. The fourth-order valence-electron chi connectivity index (χ4n) is 2.24. The second-order valence-electron chi connectivity index (χ2n) is 5.59. The van der Waals surface area contributed by atoms with Crippen LogP contribution < -0.4 is 10.2 Å². The second kappa shape index (κ2) is 7.48. The minimum absolute atomic E-state index is 0.0941. The first-order chi connectivity index (χ1) is 12.1. The van der Waals surface area contributed by atoms with E-state index in [4.69, 9.17) is 0 Å². The van der Waals surface area contributed by atoms with Gasteiger partial charge >= 0.3 is 0 Å². The molecular formula is C16H16FN3O5S. The summed E-state index contributed by atoms with van der Waals surface area (Å²) in [6, 6.07) is 8.63. The van der Waals surface area contributed by atoms with Gasteiger partial charge in [-0.3, -0.25) is 14.9 Å². The summed E-state index contributed by atoms with van der Waals surface area (Å²) < 4.78 is 36.0. The van der Waals surface area contributed by atoms with Crippen molar-refractivity contribution in [3.8, 4) is 0 Å². The Balaban J connectivity index is 2.20. The molecule has 0 radical (unpaired) electrons. The highest BCUT2D eigenvalue weighted by molar-refractivity contribution is 7.90. The monoisotopic (exact) mass is 381 g/mol. The number of nitrogens with one attached hydrogen (secondary N) is 1. The van der Waals surface area contributed by atoms with E-state index in [1.807, 2.05) is 0 Å². The van der Waals surface area contributed by atoms with Crippen molar-refractivity contribution in [2.24, 2.45) is 0 Å². The van der Waals surface area contributed by atoms with E-state index in [-0.39, 0.29) is 17.1 Å². The van der Waals surface area contributed by atoms with Crippen LogP contribution in [0.1, 0.15) is 0 Å². The van der Waals surface area contributed by atoms with Gasteiger partial charge in [0, 0.05) is 25.1 Å². The summed E-state index contributed by atoms with van der Waals surface area (Å²) in [7, 11) is -2.14. The Kier molecular flexibility index (Phi) is 5.56. The molecule has 10 heteroatoms. The van der Waals surface area contributed by atoms with E-state index in [1.165, 1.54) is 48.3 Å². The third-order valence-electron chi connectivity index (χ3n) is 3.49. The average molecular weight is 381 g/mol. The Morgan fingerprint density at radius 3 is 2.38 bits per heavy atom. The number of sulfone groups is 1. The molecule has 0 bridgehead atoms. The summed E-state index contributed by atoms with van der Waals surface area (Å²) in [5.41, 5.74) is 0.0494. The zero-order valence-corrected chi connectivity index (χ0v) is 14.8. The molecule has 2 aromatic carbocycles. The van der Waals surface area contributed by atoms with E-state index in [1.54, 1.807) is 0 Å². The maximum atomic E-state index is 12.9. The van der Waals surface area contributed by atoms with Crippen molar-refractivity contribution in [1.82, 2.24) is 0 Å². The minimum atomic E-state index is -3.60. The van der Waals surface area contributed by atoms with Crippen LogP contribution in [0.5, 0.6) is 0 Å². The van der Waals surface area contributed by atoms with Gasteiger partial charge in [0.05, 0.1) is 16.4 Å². The van der Waals surface area contributed by atoms with Gasteiger partial charge in [-0.05, 0) is 36.4 Å². The Hall–Kier alpha value is -3.01. The van der Waals surface area contributed by atoms with Crippen molar-refractivity contribution in [1.29, 1.82) is 0 Å². The van der Waals surface area contributed by atoms with Crippen molar-refractivity contribution < 1.29 is 22.5 Å². The summed E-state index contributed by atoms with van der Waals surface area (Å²) in [5.74, 6) is -0.915. The van der Waals surface area contributed by atoms with Gasteiger partial charge in [0.15, 0.2) is 9.84 Å². The topological polar surface area (TPSA) is 110 Å². The Morgan fingerprint density at radius 2 is 1.85 bits per heavy atom. The first kappa shape index (κ1) is 19.3. The van der Waals surface area contributed by atoms with Crippen molar-refractivity contribution >= 4 is 32.8 Å². The number of rotatable bonds is 6. The summed E-state index contributed by atoms with van der Waals surface area (Å²) in [4.78, 5) is 23.8. The summed E-state index contributed by atoms with van der Waals surface area (Å²) in [5, 5.41) is 13.8. The van der Waals surface area contributed by atoms with Crippen LogP contribution in [0.2, 0.25) is 0 Å². The lowest BCUT2D eigenvalue weighted by Crippen LogP contribution is -2.30. The molecule has 0 saturated heterocycles. The quantitative estimate of drug-likeness (QED) is 0.607. The molecule has 0 fully saturated rings. The molecule has 2 rings (SSSR count). The fourth-order valence-corrected chi connectivity index (χ4v) is 2.88. The number of anilines is 2. The number of nitro groups is 1. The first-order valence-electron chi connectivity index (χ1n) is 7.33. The van der Waals surface area contributed by atoms with Gasteiger partial charge in [-0.15, -0.1) is 0 Å². The Labute approximate surface area is 149 Å². The molecule has 0 unspecified atom stereocenters. The maximum absolute atomic E-state index is 12.9. The highest BCUT2D eigenvalue weighted by Gasteiger charge is 2.22. The van der Waals surface area contributed by atoms with E-state index in [0.29, 0.717) is 5.69 Å². The second-order valence-corrected chi connectivity index (χ2v) is 7.61. The van der Waals surface area contributed by atoms with Crippen molar-refractivity contribution in [2.45, 2.75) is 4.90 Å². The molecular weight excluding hydrogens is 365 g/mol. The number of carbonyl (C=O) groups excluding carboxylic acids is 1. The van der Waals surface area contributed by atoms with Gasteiger partial charge in [-0.1, -0.05) is 0 Å². The van der Waals surface area contributed by atoms with Crippen LogP contribution in [0.3, 0.4) is 0 Å². The molecule has 8 nitrogen and oxygen atoms in total.